The van der Waals surface area contributed by atoms with Crippen LogP contribution < -0.4 is 4.74 Å². The smallest absolute Gasteiger partial charge is 0.346 e. The van der Waals surface area contributed by atoms with Crippen molar-refractivity contribution in [2.45, 2.75) is 61.4 Å². The van der Waals surface area contributed by atoms with E-state index in [1.807, 2.05) is 0 Å². The van der Waals surface area contributed by atoms with Crippen LogP contribution >= 0.6 is 0 Å². The number of aliphatic hydroxyl groups is 1. The summed E-state index contributed by atoms with van der Waals surface area (Å²) >= 11 is 0. The first-order valence-electron chi connectivity index (χ1n) is 34.0. The second kappa shape index (κ2) is 32.6. The highest BCUT2D eigenvalue weighted by molar-refractivity contribution is 6.09. The lowest BCUT2D eigenvalue weighted by atomic mass is 9.91. The van der Waals surface area contributed by atoms with E-state index in [9.17, 15) is 176 Å². The third-order valence-electron chi connectivity index (χ3n) is 18.3. The lowest BCUT2D eigenvalue weighted by molar-refractivity contribution is -0.283. The number of carbonyl (C=O) groups is 9. The maximum Gasteiger partial charge on any atom is 0.346 e. The molecule has 0 amide bonds. The van der Waals surface area contributed by atoms with Gasteiger partial charge in [0.25, 0.3) is 0 Å². The molecule has 0 aromatic heterocycles. The Hall–Kier alpha value is -17.3. The molecule has 644 valence electrons. The van der Waals surface area contributed by atoms with Gasteiger partial charge in [0.15, 0.2) is 156 Å². The zero-order valence-electron chi connectivity index (χ0n) is 60.5. The summed E-state index contributed by atoms with van der Waals surface area (Å²) in [6, 6.07) is 5.94. The predicted octanol–water partition coefficient (Wildman–Crippen LogP) is 2.77. The molecule has 10 unspecified atom stereocenters. The number of aromatic hydroxyl groups is 26. The maximum absolute atomic E-state index is 15.7. The van der Waals surface area contributed by atoms with Crippen LogP contribution in [0.4, 0.5) is 0 Å². The van der Waals surface area contributed by atoms with Crippen LogP contribution in [0.15, 0.2) is 91.0 Å². The molecule has 0 aliphatic carbocycles. The summed E-state index contributed by atoms with van der Waals surface area (Å²) in [7, 11) is 0. The van der Waals surface area contributed by atoms with Gasteiger partial charge in [-0.15, -0.1) is 0 Å². The fourth-order valence-corrected chi connectivity index (χ4v) is 12.2. The number of fused-ring (bicyclic) bond motifs is 4. The van der Waals surface area contributed by atoms with E-state index in [-0.39, 0.29) is 18.2 Å². The quantitative estimate of drug-likeness (QED) is 0.0354. The Morgan fingerprint density at radius 2 is 0.618 bits per heavy atom. The summed E-state index contributed by atoms with van der Waals surface area (Å²) in [5.41, 5.74) is -12.9. The molecule has 48 nitrogen and oxygen atoms in total. The molecule has 3 aliphatic rings. The molecule has 2 fully saturated rings. The summed E-state index contributed by atoms with van der Waals surface area (Å²) in [5.74, 6) is -55.7. The molecule has 27 N–H and O–H groups in total. The fraction of sp³-hybridized carbons (Fsp3) is 0.160. The number of phenols is 26. The average molecular weight is 1730 g/mol. The van der Waals surface area contributed by atoms with Crippen molar-refractivity contribution in [1.82, 2.24) is 0 Å². The van der Waals surface area contributed by atoms with Crippen LogP contribution in [0.1, 0.15) is 93.2 Å². The van der Waals surface area contributed by atoms with Gasteiger partial charge < -0.3 is 195 Å². The Morgan fingerprint density at radius 1 is 0.309 bits per heavy atom. The first-order valence-corrected chi connectivity index (χ1v) is 34.0. The molecular weight excluding hydrogens is 1670 g/mol. The van der Waals surface area contributed by atoms with Crippen molar-refractivity contribution in [2.75, 3.05) is 13.2 Å². The highest BCUT2D eigenvalue weighted by atomic mass is 16.8. The standard InChI is InChI=1S/C75H56O48/c76-26-1-18(2-27(77)47(26)90)65(103)118-61-56(99)42(115-74(122-69(107)22-9-34(84)51(94)35(85)10-22)63(61)120-67(105)20-5-30(80)49(92)31(81)6-20)16-113-73(111)46-40(15-39(89)54(97)59(46)102)114-41-14-25-45(58(101)55(41)98)44-24(13-38(88)53(96)57(44)100)71(109)112-17-43-60(117-72(25)110)62(119-66(104)19-3-28(78)48(91)29(79)4-19)64(121-68(106)21-7-32(82)50(93)33(83)8-21)75(116-43)123-70(108)23-11-36(86)52(95)37(87)12-23/h1-15,42-43,56,60-64,74-102H,16-17H2. The molecule has 123 heavy (non-hydrogen) atoms. The van der Waals surface area contributed by atoms with Crippen molar-refractivity contribution in [3.8, 4) is 172 Å². The van der Waals surface area contributed by atoms with Crippen molar-refractivity contribution in [3.05, 3.63) is 141 Å². The summed E-state index contributed by atoms with van der Waals surface area (Å²) < 4.78 is 67.4. The zero-order valence-corrected chi connectivity index (χ0v) is 60.5. The first kappa shape index (κ1) is 85.1. The Labute approximate surface area is 677 Å². The molecule has 0 bridgehead atoms. The van der Waals surface area contributed by atoms with Crippen LogP contribution in [-0.2, 0) is 52.1 Å². The monoisotopic (exact) mass is 1720 g/mol. The Balaban J connectivity index is 0.964. The Kier molecular flexibility index (Phi) is 22.6. The molecule has 0 saturated carbocycles. The van der Waals surface area contributed by atoms with Crippen molar-refractivity contribution in [1.29, 1.82) is 0 Å². The summed E-state index contributed by atoms with van der Waals surface area (Å²) in [6.45, 7) is -3.17. The van der Waals surface area contributed by atoms with E-state index in [1.54, 1.807) is 0 Å². The molecule has 10 atom stereocenters. The minimum absolute atomic E-state index is 0.183. The molecule has 0 spiro atoms. The Bertz CT molecular complexity index is 5810. The zero-order chi connectivity index (χ0) is 90.0. The SMILES string of the molecule is O=C(OC1OC(COC(=O)c2c(Oc3cc4c(c(O)c3O)-c3c(cc(O)c(O)c3O)C(=O)OCC3OC(OC(=O)c5cc(O)c(O)c(O)c5)C(OC(=O)c5cc(O)c(O)c(O)c5)C(OC(=O)c5cc(O)c(O)c(O)c5)C3OC4=O)cc(O)c(O)c2O)C(O)C(OC(=O)c2cc(O)c(O)c(O)c2)C1OC(=O)c1cc(O)c(O)c(O)c1)c1cc(O)c(O)c(O)c1. The maximum atomic E-state index is 15.7. The van der Waals surface area contributed by atoms with E-state index in [2.05, 4.69) is 0 Å². The van der Waals surface area contributed by atoms with Gasteiger partial charge in [0.1, 0.15) is 42.8 Å². The lowest BCUT2D eigenvalue weighted by Gasteiger charge is -2.43. The summed E-state index contributed by atoms with van der Waals surface area (Å²) in [4.78, 5) is 130. The van der Waals surface area contributed by atoms with Crippen LogP contribution in [0, 0.1) is 0 Å². The van der Waals surface area contributed by atoms with Gasteiger partial charge in [-0.3, -0.25) is 0 Å². The number of phenolic OH excluding ortho intramolecular Hbond substituents is 26. The molecule has 3 heterocycles. The number of benzene rings is 9. The van der Waals surface area contributed by atoms with Crippen LogP contribution in [0.25, 0.3) is 11.1 Å². The summed E-state index contributed by atoms with van der Waals surface area (Å²) in [5, 5.41) is 289. The fourth-order valence-electron chi connectivity index (χ4n) is 12.2. The second-order valence-corrected chi connectivity index (χ2v) is 26.2. The largest absolute Gasteiger partial charge is 0.504 e. The van der Waals surface area contributed by atoms with Crippen molar-refractivity contribution in [2.24, 2.45) is 0 Å². The van der Waals surface area contributed by atoms with Crippen LogP contribution in [0.3, 0.4) is 0 Å². The average Bonchev–Trinajstić information content (AvgIpc) is 1.63. The molecule has 9 aromatic rings. The predicted molar refractivity (Wildman–Crippen MR) is 381 cm³/mol. The lowest BCUT2D eigenvalue weighted by Crippen LogP contribution is -2.63. The molecule has 12 rings (SSSR count). The molecule has 3 aliphatic heterocycles. The van der Waals surface area contributed by atoms with Gasteiger partial charge in [0.05, 0.1) is 44.5 Å². The van der Waals surface area contributed by atoms with E-state index in [4.69, 9.17) is 56.8 Å². The van der Waals surface area contributed by atoms with Crippen LogP contribution in [0.5, 0.6) is 161 Å². The van der Waals surface area contributed by atoms with Gasteiger partial charge in [-0.25, -0.2) is 43.2 Å². The van der Waals surface area contributed by atoms with Gasteiger partial charge >= 0.3 is 53.7 Å². The topological polar surface area (TPSA) is 811 Å². The molecule has 9 aromatic carbocycles. The number of ether oxygens (including phenoxy) is 12. The molecule has 48 heteroatoms. The molecule has 0 radical (unpaired) electrons. The molecule has 2 saturated heterocycles. The highest BCUT2D eigenvalue weighted by Gasteiger charge is 2.57. The van der Waals surface area contributed by atoms with Crippen LogP contribution in [-0.4, -0.2) is 266 Å². The second-order valence-electron chi connectivity index (χ2n) is 26.2. The third-order valence-corrected chi connectivity index (χ3v) is 18.3. The van der Waals surface area contributed by atoms with Gasteiger partial charge in [-0.1, -0.05) is 0 Å². The number of carbonyl (C=O) groups excluding carboxylic acids is 9. The van der Waals surface area contributed by atoms with Crippen molar-refractivity contribution in [3.63, 3.8) is 0 Å². The van der Waals surface area contributed by atoms with Gasteiger partial charge in [0.2, 0.25) is 42.0 Å². The van der Waals surface area contributed by atoms with Gasteiger partial charge in [-0.2, -0.15) is 0 Å². The third kappa shape index (κ3) is 16.2. The van der Waals surface area contributed by atoms with Crippen molar-refractivity contribution < 1.29 is 238 Å². The van der Waals surface area contributed by atoms with E-state index < -0.39 is 351 Å². The van der Waals surface area contributed by atoms with Gasteiger partial charge in [0, 0.05) is 23.3 Å². The summed E-state index contributed by atoms with van der Waals surface area (Å²) in [6.07, 6.45) is -27.2. The highest BCUT2D eigenvalue weighted by Crippen LogP contribution is 2.56. The number of rotatable bonds is 17. The van der Waals surface area contributed by atoms with Crippen molar-refractivity contribution >= 4 is 53.7 Å². The van der Waals surface area contributed by atoms with Gasteiger partial charge in [-0.05, 0) is 78.9 Å². The minimum atomic E-state index is -2.87. The number of hydrogen-bond donors (Lipinski definition) is 27. The van der Waals surface area contributed by atoms with E-state index >= 15 is 4.79 Å². The number of hydrogen-bond acceptors (Lipinski definition) is 48. The minimum Gasteiger partial charge on any atom is -0.504 e. The first-order chi connectivity index (χ1) is 57.8. The Morgan fingerprint density at radius 3 is 1.01 bits per heavy atom. The normalized spacial score (nSPS) is 19.1. The van der Waals surface area contributed by atoms with E-state index in [1.165, 1.54) is 0 Å². The number of esters is 9. The molecular formula is C75H56O48. The number of aliphatic hydroxyl groups excluding tert-OH is 1. The van der Waals surface area contributed by atoms with E-state index in [0.717, 1.165) is 0 Å². The van der Waals surface area contributed by atoms with Crippen LogP contribution in [0.2, 0.25) is 0 Å². The van der Waals surface area contributed by atoms with E-state index in [0.29, 0.717) is 72.8 Å². The number of cyclic esters (lactones) is 1.